The normalized spacial score (nSPS) is 19.3. The SMILES string of the molecule is O=C1NC2=C(Cc3ccccc32)C(c2c[nH]c3ccccc23)N1. The van der Waals surface area contributed by atoms with Crippen molar-refractivity contribution in [2.45, 2.75) is 12.5 Å². The molecule has 0 bridgehead atoms. The van der Waals surface area contributed by atoms with Crippen molar-refractivity contribution in [1.82, 2.24) is 15.6 Å². The number of carbonyl (C=O) groups excluding carboxylic acids is 1. The number of benzene rings is 2. The summed E-state index contributed by atoms with van der Waals surface area (Å²) in [5.74, 6) is 0. The molecule has 112 valence electrons. The molecule has 3 aromatic rings. The molecular formula is C19H15N3O. The molecular weight excluding hydrogens is 286 g/mol. The number of hydrogen-bond acceptors (Lipinski definition) is 1. The van der Waals surface area contributed by atoms with E-state index in [0.717, 1.165) is 34.1 Å². The lowest BCUT2D eigenvalue weighted by Crippen LogP contribution is -2.42. The van der Waals surface area contributed by atoms with Gasteiger partial charge >= 0.3 is 6.03 Å². The maximum Gasteiger partial charge on any atom is 0.320 e. The first-order valence-electron chi connectivity index (χ1n) is 7.76. The van der Waals surface area contributed by atoms with Gasteiger partial charge in [-0.2, -0.15) is 0 Å². The van der Waals surface area contributed by atoms with Crippen molar-refractivity contribution < 1.29 is 4.79 Å². The number of amides is 2. The van der Waals surface area contributed by atoms with E-state index in [-0.39, 0.29) is 12.1 Å². The summed E-state index contributed by atoms with van der Waals surface area (Å²) >= 11 is 0. The first kappa shape index (κ1) is 12.5. The van der Waals surface area contributed by atoms with Crippen LogP contribution in [0.1, 0.15) is 22.7 Å². The van der Waals surface area contributed by atoms with Gasteiger partial charge in [0.15, 0.2) is 0 Å². The molecule has 4 nitrogen and oxygen atoms in total. The fraction of sp³-hybridized carbons (Fsp3) is 0.105. The van der Waals surface area contributed by atoms with Crippen molar-refractivity contribution in [3.8, 4) is 0 Å². The summed E-state index contributed by atoms with van der Waals surface area (Å²) in [5, 5.41) is 7.24. The standard InChI is InChI=1S/C19H15N3O/c23-19-21-17-12-6-2-1-5-11(12)9-14(17)18(22-19)15-10-20-16-8-4-3-7-13(15)16/h1-8,10,18,20H,9H2,(H2,21,22,23). The summed E-state index contributed by atoms with van der Waals surface area (Å²) in [4.78, 5) is 15.5. The van der Waals surface area contributed by atoms with Gasteiger partial charge in [0.25, 0.3) is 0 Å². The number of rotatable bonds is 1. The average molecular weight is 301 g/mol. The third-order valence-corrected chi connectivity index (χ3v) is 4.78. The minimum absolute atomic E-state index is 0.0951. The third kappa shape index (κ3) is 1.75. The second-order valence-electron chi connectivity index (χ2n) is 6.06. The quantitative estimate of drug-likeness (QED) is 0.633. The van der Waals surface area contributed by atoms with Gasteiger partial charge < -0.3 is 15.6 Å². The van der Waals surface area contributed by atoms with Crippen LogP contribution < -0.4 is 10.6 Å². The fourth-order valence-corrected chi connectivity index (χ4v) is 3.74. The van der Waals surface area contributed by atoms with Crippen LogP contribution in [0.5, 0.6) is 0 Å². The van der Waals surface area contributed by atoms with E-state index < -0.39 is 0 Å². The molecule has 2 aliphatic rings. The van der Waals surface area contributed by atoms with Gasteiger partial charge in [0.2, 0.25) is 0 Å². The molecule has 5 rings (SSSR count). The van der Waals surface area contributed by atoms with Gasteiger partial charge in [-0.15, -0.1) is 0 Å². The smallest absolute Gasteiger partial charge is 0.320 e. The van der Waals surface area contributed by atoms with Crippen LogP contribution in [0.3, 0.4) is 0 Å². The van der Waals surface area contributed by atoms with E-state index in [1.54, 1.807) is 0 Å². The van der Waals surface area contributed by atoms with Gasteiger partial charge in [-0.05, 0) is 23.6 Å². The Kier molecular flexibility index (Phi) is 2.45. The lowest BCUT2D eigenvalue weighted by Gasteiger charge is -2.27. The molecule has 0 radical (unpaired) electrons. The van der Waals surface area contributed by atoms with E-state index in [1.807, 2.05) is 30.5 Å². The molecule has 0 saturated heterocycles. The van der Waals surface area contributed by atoms with Gasteiger partial charge in [-0.3, -0.25) is 0 Å². The van der Waals surface area contributed by atoms with Crippen molar-refractivity contribution in [1.29, 1.82) is 0 Å². The molecule has 1 atom stereocenters. The summed E-state index contributed by atoms with van der Waals surface area (Å²) in [7, 11) is 0. The van der Waals surface area contributed by atoms with E-state index in [4.69, 9.17) is 0 Å². The average Bonchev–Trinajstić information content (AvgIpc) is 3.16. The zero-order valence-electron chi connectivity index (χ0n) is 12.4. The van der Waals surface area contributed by atoms with Crippen molar-refractivity contribution in [3.05, 3.63) is 77.0 Å². The van der Waals surface area contributed by atoms with E-state index in [1.165, 1.54) is 11.1 Å². The molecule has 2 aromatic carbocycles. The van der Waals surface area contributed by atoms with Crippen LogP contribution in [-0.2, 0) is 6.42 Å². The minimum Gasteiger partial charge on any atom is -0.361 e. The monoisotopic (exact) mass is 301 g/mol. The van der Waals surface area contributed by atoms with Crippen LogP contribution in [0.15, 0.2) is 60.3 Å². The van der Waals surface area contributed by atoms with Gasteiger partial charge in [-0.1, -0.05) is 42.5 Å². The summed E-state index contributed by atoms with van der Waals surface area (Å²) in [6.45, 7) is 0. The number of para-hydroxylation sites is 1. The van der Waals surface area contributed by atoms with Gasteiger partial charge in [0.1, 0.15) is 0 Å². The van der Waals surface area contributed by atoms with Crippen molar-refractivity contribution in [2.75, 3.05) is 0 Å². The van der Waals surface area contributed by atoms with Crippen LogP contribution in [0.4, 0.5) is 4.79 Å². The summed E-state index contributed by atoms with van der Waals surface area (Å²) < 4.78 is 0. The number of urea groups is 1. The maximum atomic E-state index is 12.2. The Morgan fingerprint density at radius 2 is 1.83 bits per heavy atom. The first-order valence-corrected chi connectivity index (χ1v) is 7.76. The molecule has 2 heterocycles. The summed E-state index contributed by atoms with van der Waals surface area (Å²) in [5.41, 5.74) is 6.83. The van der Waals surface area contributed by atoms with E-state index in [9.17, 15) is 4.79 Å². The highest BCUT2D eigenvalue weighted by Gasteiger charge is 2.34. The van der Waals surface area contributed by atoms with Gasteiger partial charge in [0, 0.05) is 28.2 Å². The zero-order valence-corrected chi connectivity index (χ0v) is 12.4. The molecule has 0 saturated carbocycles. The van der Waals surface area contributed by atoms with Gasteiger partial charge in [-0.25, -0.2) is 4.79 Å². The number of nitrogens with one attached hydrogen (secondary N) is 3. The van der Waals surface area contributed by atoms with Crippen molar-refractivity contribution in [3.63, 3.8) is 0 Å². The van der Waals surface area contributed by atoms with Crippen molar-refractivity contribution in [2.24, 2.45) is 0 Å². The number of H-pyrrole nitrogens is 1. The Balaban J connectivity index is 1.69. The molecule has 4 heteroatoms. The van der Waals surface area contributed by atoms with E-state index in [0.29, 0.717) is 0 Å². The third-order valence-electron chi connectivity index (χ3n) is 4.78. The van der Waals surface area contributed by atoms with Crippen molar-refractivity contribution >= 4 is 22.6 Å². The molecule has 23 heavy (non-hydrogen) atoms. The maximum absolute atomic E-state index is 12.2. The highest BCUT2D eigenvalue weighted by atomic mass is 16.2. The van der Waals surface area contributed by atoms with Crippen LogP contribution in [0, 0.1) is 0 Å². The second-order valence-corrected chi connectivity index (χ2v) is 6.06. The number of fused-ring (bicyclic) bond motifs is 3. The summed E-state index contributed by atoms with van der Waals surface area (Å²) in [6, 6.07) is 16.2. The predicted molar refractivity (Wildman–Crippen MR) is 89.8 cm³/mol. The van der Waals surface area contributed by atoms with E-state index in [2.05, 4.69) is 39.9 Å². The summed E-state index contributed by atoms with van der Waals surface area (Å²) in [6.07, 6.45) is 2.87. The lowest BCUT2D eigenvalue weighted by atomic mass is 9.95. The number of hydrogen-bond donors (Lipinski definition) is 3. The lowest BCUT2D eigenvalue weighted by molar-refractivity contribution is 0.241. The number of carbonyl (C=O) groups is 1. The van der Waals surface area contributed by atoms with Gasteiger partial charge in [0.05, 0.1) is 11.7 Å². The van der Waals surface area contributed by atoms with Crippen LogP contribution in [0.25, 0.3) is 16.6 Å². The largest absolute Gasteiger partial charge is 0.361 e. The Bertz CT molecular complexity index is 983. The predicted octanol–water partition coefficient (Wildman–Crippen LogP) is 3.49. The Hall–Kier alpha value is -3.01. The molecule has 1 aliphatic carbocycles. The molecule has 1 aromatic heterocycles. The van der Waals surface area contributed by atoms with E-state index >= 15 is 0 Å². The molecule has 0 spiro atoms. The Morgan fingerprint density at radius 3 is 2.78 bits per heavy atom. The molecule has 0 fully saturated rings. The number of aromatic nitrogens is 1. The topological polar surface area (TPSA) is 56.9 Å². The van der Waals surface area contributed by atoms with Crippen LogP contribution in [0.2, 0.25) is 0 Å². The number of aromatic amines is 1. The molecule has 2 amide bonds. The van der Waals surface area contributed by atoms with Crippen LogP contribution >= 0.6 is 0 Å². The second kappa shape index (κ2) is 4.49. The minimum atomic E-state index is -0.143. The van der Waals surface area contributed by atoms with Crippen LogP contribution in [-0.4, -0.2) is 11.0 Å². The highest BCUT2D eigenvalue weighted by molar-refractivity contribution is 5.94. The highest BCUT2D eigenvalue weighted by Crippen LogP contribution is 2.41. The Morgan fingerprint density at radius 1 is 1.00 bits per heavy atom. The molecule has 3 N–H and O–H groups in total. The molecule has 1 unspecified atom stereocenters. The first-order chi connectivity index (χ1) is 11.3. The zero-order chi connectivity index (χ0) is 15.4. The fourth-order valence-electron chi connectivity index (χ4n) is 3.74. The Labute approximate surface area is 133 Å². The molecule has 1 aliphatic heterocycles.